The molecule has 1 aliphatic heterocycles. The third-order valence-electron chi connectivity index (χ3n) is 3.35. The van der Waals surface area contributed by atoms with Gasteiger partial charge in [-0.15, -0.1) is 0 Å². The first kappa shape index (κ1) is 10.1. The fourth-order valence-electron chi connectivity index (χ4n) is 2.29. The molecule has 80 valence electrons. The highest BCUT2D eigenvalue weighted by molar-refractivity contribution is 5.62. The number of rotatable bonds is 4. The zero-order chi connectivity index (χ0) is 10.0. The van der Waals surface area contributed by atoms with Crippen LogP contribution < -0.4 is 0 Å². The van der Waals surface area contributed by atoms with Crippen LogP contribution in [-0.2, 0) is 9.53 Å². The molecule has 0 atom stereocenters. The van der Waals surface area contributed by atoms with Crippen molar-refractivity contribution < 1.29 is 9.53 Å². The summed E-state index contributed by atoms with van der Waals surface area (Å²) in [4.78, 5) is 13.5. The van der Waals surface area contributed by atoms with Crippen LogP contribution >= 0.6 is 0 Å². The van der Waals surface area contributed by atoms with Gasteiger partial charge in [0.05, 0.1) is 0 Å². The second-order valence-electron chi connectivity index (χ2n) is 4.38. The number of carbonyl (C=O) groups excluding carboxylic acids is 1. The van der Waals surface area contributed by atoms with Crippen molar-refractivity contribution in [1.82, 2.24) is 4.90 Å². The highest BCUT2D eigenvalue weighted by Crippen LogP contribution is 2.32. The average Bonchev–Trinajstić information content (AvgIpc) is 3.03. The number of nitrogens with zero attached hydrogens (tertiary/aromatic N) is 1. The number of hydrogen-bond donors (Lipinski definition) is 0. The van der Waals surface area contributed by atoms with E-state index in [9.17, 15) is 4.79 Å². The molecule has 14 heavy (non-hydrogen) atoms. The van der Waals surface area contributed by atoms with Crippen molar-refractivity contribution in [1.29, 1.82) is 0 Å². The zero-order valence-electron chi connectivity index (χ0n) is 8.87. The molecule has 0 aromatic carbocycles. The third kappa shape index (κ3) is 1.98. The maximum atomic E-state index is 11.0. The van der Waals surface area contributed by atoms with Crippen molar-refractivity contribution >= 4 is 6.29 Å². The molecule has 2 rings (SSSR count). The van der Waals surface area contributed by atoms with E-state index in [2.05, 4.69) is 4.90 Å². The van der Waals surface area contributed by atoms with Crippen molar-refractivity contribution in [3.05, 3.63) is 0 Å². The minimum Gasteiger partial charge on any atom is -0.368 e. The van der Waals surface area contributed by atoms with Crippen LogP contribution in [0.4, 0.5) is 0 Å². The average molecular weight is 197 g/mol. The summed E-state index contributed by atoms with van der Waals surface area (Å²) < 4.78 is 5.57. The Kier molecular flexibility index (Phi) is 2.88. The smallest absolute Gasteiger partial charge is 0.151 e. The standard InChI is InChI=1S/C11H19NO2/c1-2-14-11(9-13)5-7-12(8-6-11)10-3-4-10/h9-10H,2-8H2,1H3. The van der Waals surface area contributed by atoms with E-state index in [4.69, 9.17) is 4.74 Å². The predicted molar refractivity (Wildman–Crippen MR) is 54.3 cm³/mol. The van der Waals surface area contributed by atoms with Gasteiger partial charge in [-0.25, -0.2) is 0 Å². The van der Waals surface area contributed by atoms with E-state index in [0.717, 1.165) is 38.3 Å². The van der Waals surface area contributed by atoms with Gasteiger partial charge in [0.1, 0.15) is 5.60 Å². The van der Waals surface area contributed by atoms with E-state index in [1.807, 2.05) is 6.92 Å². The van der Waals surface area contributed by atoms with E-state index in [0.29, 0.717) is 6.61 Å². The first-order chi connectivity index (χ1) is 6.79. The van der Waals surface area contributed by atoms with Crippen LogP contribution in [0.15, 0.2) is 0 Å². The van der Waals surface area contributed by atoms with Crippen molar-refractivity contribution in [2.75, 3.05) is 19.7 Å². The molecule has 0 radical (unpaired) electrons. The number of hydrogen-bond acceptors (Lipinski definition) is 3. The molecule has 1 saturated carbocycles. The molecular formula is C11H19NO2. The molecule has 0 spiro atoms. The second-order valence-corrected chi connectivity index (χ2v) is 4.38. The van der Waals surface area contributed by atoms with Crippen molar-refractivity contribution in [3.8, 4) is 0 Å². The Morgan fingerprint density at radius 2 is 2.07 bits per heavy atom. The van der Waals surface area contributed by atoms with Gasteiger partial charge in [-0.3, -0.25) is 0 Å². The van der Waals surface area contributed by atoms with E-state index >= 15 is 0 Å². The van der Waals surface area contributed by atoms with Gasteiger partial charge in [0.15, 0.2) is 6.29 Å². The van der Waals surface area contributed by atoms with Gasteiger partial charge in [-0.2, -0.15) is 0 Å². The lowest BCUT2D eigenvalue weighted by Gasteiger charge is -2.37. The summed E-state index contributed by atoms with van der Waals surface area (Å²) in [5.41, 5.74) is -0.458. The molecule has 1 heterocycles. The monoisotopic (exact) mass is 197 g/mol. The van der Waals surface area contributed by atoms with Gasteiger partial charge >= 0.3 is 0 Å². The predicted octanol–water partition coefficient (Wildman–Crippen LogP) is 1.22. The highest BCUT2D eigenvalue weighted by atomic mass is 16.5. The highest BCUT2D eigenvalue weighted by Gasteiger charge is 2.39. The molecule has 1 saturated heterocycles. The first-order valence-electron chi connectivity index (χ1n) is 5.64. The number of piperidine rings is 1. The molecule has 3 heteroatoms. The second kappa shape index (κ2) is 3.99. The summed E-state index contributed by atoms with van der Waals surface area (Å²) in [7, 11) is 0. The Morgan fingerprint density at radius 3 is 2.50 bits per heavy atom. The molecule has 1 aliphatic carbocycles. The van der Waals surface area contributed by atoms with E-state index in [1.54, 1.807) is 0 Å². The summed E-state index contributed by atoms with van der Waals surface area (Å²) in [5, 5.41) is 0. The summed E-state index contributed by atoms with van der Waals surface area (Å²) >= 11 is 0. The van der Waals surface area contributed by atoms with Crippen molar-refractivity contribution in [3.63, 3.8) is 0 Å². The van der Waals surface area contributed by atoms with E-state index < -0.39 is 5.60 Å². The molecule has 2 fully saturated rings. The van der Waals surface area contributed by atoms with Gasteiger partial charge in [-0.1, -0.05) is 0 Å². The normalized spacial score (nSPS) is 27.5. The van der Waals surface area contributed by atoms with Gasteiger partial charge in [0.25, 0.3) is 0 Å². The molecule has 2 aliphatic rings. The molecule has 0 N–H and O–H groups in total. The van der Waals surface area contributed by atoms with Crippen LogP contribution in [0.2, 0.25) is 0 Å². The SMILES string of the molecule is CCOC1(C=O)CCN(C2CC2)CC1. The minimum absolute atomic E-state index is 0.458. The Morgan fingerprint density at radius 1 is 1.43 bits per heavy atom. The third-order valence-corrected chi connectivity index (χ3v) is 3.35. The van der Waals surface area contributed by atoms with Crippen LogP contribution in [-0.4, -0.2) is 42.5 Å². The lowest BCUT2D eigenvalue weighted by atomic mass is 9.92. The number of likely N-dealkylation sites (tertiary alicyclic amines) is 1. The van der Waals surface area contributed by atoms with Crippen LogP contribution in [0.25, 0.3) is 0 Å². The molecule has 0 unspecified atom stereocenters. The molecule has 0 aromatic heterocycles. The lowest BCUT2D eigenvalue weighted by molar-refractivity contribution is -0.137. The molecule has 3 nitrogen and oxygen atoms in total. The molecule has 0 aromatic rings. The quantitative estimate of drug-likeness (QED) is 0.635. The summed E-state index contributed by atoms with van der Waals surface area (Å²) in [6, 6.07) is 0.821. The van der Waals surface area contributed by atoms with Gasteiger partial charge in [-0.05, 0) is 32.6 Å². The molecular weight excluding hydrogens is 178 g/mol. The Balaban J connectivity index is 1.88. The fourth-order valence-corrected chi connectivity index (χ4v) is 2.29. The van der Waals surface area contributed by atoms with E-state index in [1.165, 1.54) is 12.8 Å². The van der Waals surface area contributed by atoms with E-state index in [-0.39, 0.29) is 0 Å². The first-order valence-corrected chi connectivity index (χ1v) is 5.64. The topological polar surface area (TPSA) is 29.5 Å². The summed E-state index contributed by atoms with van der Waals surface area (Å²) in [6.45, 7) is 4.66. The summed E-state index contributed by atoms with van der Waals surface area (Å²) in [5.74, 6) is 0. The van der Waals surface area contributed by atoms with Crippen LogP contribution in [0.5, 0.6) is 0 Å². The fraction of sp³-hybridized carbons (Fsp3) is 0.909. The number of carbonyl (C=O) groups is 1. The molecule has 0 bridgehead atoms. The Labute approximate surface area is 85.4 Å². The van der Waals surface area contributed by atoms with Gasteiger partial charge in [0.2, 0.25) is 0 Å². The lowest BCUT2D eigenvalue weighted by Crippen LogP contribution is -2.47. The molecule has 0 amide bonds. The van der Waals surface area contributed by atoms with Crippen molar-refractivity contribution in [2.24, 2.45) is 0 Å². The minimum atomic E-state index is -0.458. The zero-order valence-corrected chi connectivity index (χ0v) is 8.87. The number of ether oxygens (including phenoxy) is 1. The van der Waals surface area contributed by atoms with Gasteiger partial charge < -0.3 is 14.4 Å². The summed E-state index contributed by atoms with van der Waals surface area (Å²) in [6.07, 6.45) is 5.47. The Bertz CT molecular complexity index is 205. The van der Waals surface area contributed by atoms with Crippen molar-refractivity contribution in [2.45, 2.75) is 44.2 Å². The van der Waals surface area contributed by atoms with Crippen LogP contribution in [0.3, 0.4) is 0 Å². The maximum absolute atomic E-state index is 11.0. The van der Waals surface area contributed by atoms with Gasteiger partial charge in [0, 0.05) is 25.7 Å². The Hall–Kier alpha value is -0.410. The number of aldehydes is 1. The van der Waals surface area contributed by atoms with Crippen LogP contribution in [0, 0.1) is 0 Å². The maximum Gasteiger partial charge on any atom is 0.151 e. The largest absolute Gasteiger partial charge is 0.368 e. The van der Waals surface area contributed by atoms with Crippen LogP contribution in [0.1, 0.15) is 32.6 Å².